The third kappa shape index (κ3) is 2.01. The van der Waals surface area contributed by atoms with Gasteiger partial charge in [-0.25, -0.2) is 0 Å². The highest BCUT2D eigenvalue weighted by atomic mass is 16.5. The summed E-state index contributed by atoms with van der Waals surface area (Å²) < 4.78 is 9.98. The van der Waals surface area contributed by atoms with Crippen molar-refractivity contribution in [2.45, 2.75) is 19.4 Å². The molecule has 0 radical (unpaired) electrons. The zero-order chi connectivity index (χ0) is 8.27. The van der Waals surface area contributed by atoms with Crippen LogP contribution in [-0.4, -0.2) is 32.2 Å². The molecule has 0 aromatic heterocycles. The second-order valence-corrected chi connectivity index (χ2v) is 2.96. The summed E-state index contributed by atoms with van der Waals surface area (Å²) in [5.41, 5.74) is 0. The standard InChI is InChI=1S/C8H14O3/c1-6-3-4-11-8(6)7(9)5-10-2/h6,8H,3-5H2,1-2H3. The summed E-state index contributed by atoms with van der Waals surface area (Å²) in [5.74, 6) is 0.426. The average molecular weight is 158 g/mol. The predicted molar refractivity (Wildman–Crippen MR) is 40.4 cm³/mol. The van der Waals surface area contributed by atoms with Crippen LogP contribution in [-0.2, 0) is 14.3 Å². The summed E-state index contributed by atoms with van der Waals surface area (Å²) in [5, 5.41) is 0. The van der Waals surface area contributed by atoms with E-state index < -0.39 is 0 Å². The van der Waals surface area contributed by atoms with E-state index in [0.29, 0.717) is 12.5 Å². The van der Waals surface area contributed by atoms with Crippen LogP contribution in [0, 0.1) is 5.92 Å². The van der Waals surface area contributed by atoms with E-state index in [2.05, 4.69) is 0 Å². The fourth-order valence-corrected chi connectivity index (χ4v) is 1.33. The molecule has 3 nitrogen and oxygen atoms in total. The van der Waals surface area contributed by atoms with Gasteiger partial charge in [0.15, 0.2) is 5.78 Å². The Morgan fingerprint density at radius 3 is 2.91 bits per heavy atom. The fourth-order valence-electron chi connectivity index (χ4n) is 1.33. The molecule has 0 aromatic rings. The van der Waals surface area contributed by atoms with Crippen LogP contribution >= 0.6 is 0 Å². The topological polar surface area (TPSA) is 35.5 Å². The first-order chi connectivity index (χ1) is 5.25. The van der Waals surface area contributed by atoms with Crippen LogP contribution in [0.2, 0.25) is 0 Å². The van der Waals surface area contributed by atoms with E-state index in [9.17, 15) is 4.79 Å². The average Bonchev–Trinajstić information content (AvgIpc) is 2.36. The van der Waals surface area contributed by atoms with Crippen molar-refractivity contribution >= 4 is 5.78 Å². The van der Waals surface area contributed by atoms with Gasteiger partial charge >= 0.3 is 0 Å². The van der Waals surface area contributed by atoms with Crippen LogP contribution < -0.4 is 0 Å². The molecule has 2 atom stereocenters. The lowest BCUT2D eigenvalue weighted by Gasteiger charge is -2.11. The lowest BCUT2D eigenvalue weighted by molar-refractivity contribution is -0.133. The van der Waals surface area contributed by atoms with E-state index in [1.54, 1.807) is 0 Å². The van der Waals surface area contributed by atoms with Gasteiger partial charge in [0.05, 0.1) is 0 Å². The van der Waals surface area contributed by atoms with Crippen molar-refractivity contribution in [1.29, 1.82) is 0 Å². The highest BCUT2D eigenvalue weighted by molar-refractivity contribution is 5.84. The van der Waals surface area contributed by atoms with E-state index in [1.807, 2.05) is 6.92 Å². The first kappa shape index (κ1) is 8.68. The Labute approximate surface area is 66.7 Å². The lowest BCUT2D eigenvalue weighted by Crippen LogP contribution is -2.28. The van der Waals surface area contributed by atoms with Gasteiger partial charge in [-0.2, -0.15) is 0 Å². The van der Waals surface area contributed by atoms with E-state index in [4.69, 9.17) is 9.47 Å². The maximum Gasteiger partial charge on any atom is 0.187 e. The Morgan fingerprint density at radius 1 is 1.73 bits per heavy atom. The molecule has 2 unspecified atom stereocenters. The molecule has 0 spiro atoms. The molecule has 11 heavy (non-hydrogen) atoms. The SMILES string of the molecule is COCC(=O)C1OCCC1C. The molecule has 1 heterocycles. The van der Waals surface area contributed by atoms with Gasteiger partial charge in [-0.3, -0.25) is 4.79 Å². The fraction of sp³-hybridized carbons (Fsp3) is 0.875. The van der Waals surface area contributed by atoms with Gasteiger partial charge < -0.3 is 9.47 Å². The minimum atomic E-state index is -0.213. The van der Waals surface area contributed by atoms with Gasteiger partial charge in [0.1, 0.15) is 12.7 Å². The second-order valence-electron chi connectivity index (χ2n) is 2.96. The number of hydrogen-bond acceptors (Lipinski definition) is 3. The van der Waals surface area contributed by atoms with Crippen molar-refractivity contribution in [3.05, 3.63) is 0 Å². The molecule has 3 heteroatoms. The van der Waals surface area contributed by atoms with Crippen molar-refractivity contribution in [3.8, 4) is 0 Å². The van der Waals surface area contributed by atoms with Crippen molar-refractivity contribution < 1.29 is 14.3 Å². The monoisotopic (exact) mass is 158 g/mol. The first-order valence-electron chi connectivity index (χ1n) is 3.89. The van der Waals surface area contributed by atoms with E-state index >= 15 is 0 Å². The molecular formula is C8H14O3. The quantitative estimate of drug-likeness (QED) is 0.604. The Morgan fingerprint density at radius 2 is 2.45 bits per heavy atom. The van der Waals surface area contributed by atoms with Crippen molar-refractivity contribution in [1.82, 2.24) is 0 Å². The summed E-state index contributed by atoms with van der Waals surface area (Å²) in [6.45, 7) is 2.92. The van der Waals surface area contributed by atoms with Crippen LogP contribution in [0.4, 0.5) is 0 Å². The van der Waals surface area contributed by atoms with Gasteiger partial charge in [0.25, 0.3) is 0 Å². The van der Waals surface area contributed by atoms with Gasteiger partial charge in [-0.1, -0.05) is 6.92 Å². The number of Topliss-reactive ketones (excluding diaryl/α,β-unsaturated/α-hetero) is 1. The number of ether oxygens (including phenoxy) is 2. The highest BCUT2D eigenvalue weighted by Gasteiger charge is 2.30. The molecule has 1 saturated heterocycles. The molecule has 1 fully saturated rings. The number of carbonyl (C=O) groups excluding carboxylic acids is 1. The Hall–Kier alpha value is -0.410. The van der Waals surface area contributed by atoms with Crippen molar-refractivity contribution in [2.24, 2.45) is 5.92 Å². The molecule has 64 valence electrons. The Bertz CT molecular complexity index is 144. The molecule has 1 aliphatic heterocycles. The van der Waals surface area contributed by atoms with Gasteiger partial charge in [-0.05, 0) is 12.3 Å². The largest absolute Gasteiger partial charge is 0.377 e. The maximum absolute atomic E-state index is 11.2. The zero-order valence-corrected chi connectivity index (χ0v) is 7.00. The normalized spacial score (nSPS) is 30.7. The van der Waals surface area contributed by atoms with Crippen LogP contribution in [0.15, 0.2) is 0 Å². The molecule has 0 N–H and O–H groups in total. The zero-order valence-electron chi connectivity index (χ0n) is 7.00. The van der Waals surface area contributed by atoms with Gasteiger partial charge in [0.2, 0.25) is 0 Å². The molecule has 1 aliphatic rings. The third-order valence-electron chi connectivity index (χ3n) is 1.99. The molecule has 0 aromatic carbocycles. The van der Waals surface area contributed by atoms with Crippen LogP contribution in [0.25, 0.3) is 0 Å². The van der Waals surface area contributed by atoms with Crippen LogP contribution in [0.5, 0.6) is 0 Å². The summed E-state index contributed by atoms with van der Waals surface area (Å²) in [4.78, 5) is 11.2. The molecule has 0 amide bonds. The number of ketones is 1. The molecule has 1 rings (SSSR count). The van der Waals surface area contributed by atoms with Crippen molar-refractivity contribution in [2.75, 3.05) is 20.3 Å². The molecule has 0 bridgehead atoms. The summed E-state index contributed by atoms with van der Waals surface area (Å²) in [6, 6.07) is 0. The minimum absolute atomic E-state index is 0.0671. The van der Waals surface area contributed by atoms with Crippen molar-refractivity contribution in [3.63, 3.8) is 0 Å². The van der Waals surface area contributed by atoms with Gasteiger partial charge in [-0.15, -0.1) is 0 Å². The number of hydrogen-bond donors (Lipinski definition) is 0. The summed E-state index contributed by atoms with van der Waals surface area (Å²) >= 11 is 0. The number of rotatable bonds is 3. The van der Waals surface area contributed by atoms with Crippen LogP contribution in [0.1, 0.15) is 13.3 Å². The van der Waals surface area contributed by atoms with Gasteiger partial charge in [0, 0.05) is 13.7 Å². The minimum Gasteiger partial charge on any atom is -0.377 e. The Balaban J connectivity index is 2.39. The molecule has 0 aliphatic carbocycles. The third-order valence-corrected chi connectivity index (χ3v) is 1.99. The first-order valence-corrected chi connectivity index (χ1v) is 3.89. The summed E-state index contributed by atoms with van der Waals surface area (Å²) in [7, 11) is 1.53. The lowest BCUT2D eigenvalue weighted by atomic mass is 10.0. The predicted octanol–water partition coefficient (Wildman–Crippen LogP) is 0.627. The molecular weight excluding hydrogens is 144 g/mol. The van der Waals surface area contributed by atoms with E-state index in [0.717, 1.165) is 6.42 Å². The Kier molecular flexibility index (Phi) is 3.02. The number of carbonyl (C=O) groups is 1. The second kappa shape index (κ2) is 3.83. The molecule has 0 saturated carbocycles. The highest BCUT2D eigenvalue weighted by Crippen LogP contribution is 2.20. The smallest absolute Gasteiger partial charge is 0.187 e. The number of methoxy groups -OCH3 is 1. The van der Waals surface area contributed by atoms with Crippen LogP contribution in [0.3, 0.4) is 0 Å². The van der Waals surface area contributed by atoms with E-state index in [-0.39, 0.29) is 18.5 Å². The van der Waals surface area contributed by atoms with E-state index in [1.165, 1.54) is 7.11 Å². The maximum atomic E-state index is 11.2. The summed E-state index contributed by atoms with van der Waals surface area (Å²) in [6.07, 6.45) is 0.773.